The third-order valence-corrected chi connectivity index (χ3v) is 5.55. The molecule has 0 amide bonds. The van der Waals surface area contributed by atoms with Crippen LogP contribution in [0, 0.1) is 0 Å². The Morgan fingerprint density at radius 3 is 2.96 bits per heavy atom. The molecule has 0 spiro atoms. The fourth-order valence-electron chi connectivity index (χ4n) is 3.26. The topological polar surface area (TPSA) is 76.2 Å². The van der Waals surface area contributed by atoms with Crippen LogP contribution >= 0.6 is 35.3 Å². The van der Waals surface area contributed by atoms with E-state index in [9.17, 15) is 4.79 Å². The molecular weight excluding hydrogens is 487 g/mol. The highest BCUT2D eigenvalue weighted by atomic mass is 127. The van der Waals surface area contributed by atoms with Crippen molar-refractivity contribution >= 4 is 41.3 Å². The summed E-state index contributed by atoms with van der Waals surface area (Å²) in [6.45, 7) is 8.04. The number of hydrogen-bond donors (Lipinski definition) is 2. The summed E-state index contributed by atoms with van der Waals surface area (Å²) in [6.07, 6.45) is 3.96. The molecule has 0 bridgehead atoms. The number of hydrogen-bond acceptors (Lipinski definition) is 4. The van der Waals surface area contributed by atoms with Crippen molar-refractivity contribution < 1.29 is 0 Å². The van der Waals surface area contributed by atoms with E-state index in [1.54, 1.807) is 16.0 Å². The van der Waals surface area contributed by atoms with E-state index >= 15 is 0 Å². The van der Waals surface area contributed by atoms with Gasteiger partial charge >= 0.3 is 5.69 Å². The van der Waals surface area contributed by atoms with Crippen LogP contribution in [0.15, 0.2) is 26.6 Å². The van der Waals surface area contributed by atoms with Gasteiger partial charge in [-0.15, -0.1) is 24.0 Å². The standard InChI is InChI=1S/C19H30N6OS.HI/c1-3-20-18(22-13-15(2)16-8-12-27-14-16)21-9-6-11-25-19(26)24-10-5-4-7-17(24)23-25;/h8,12,14-15H,3-7,9-11,13H2,1-2H3,(H2,20,21,22);1H. The SMILES string of the molecule is CCNC(=NCC(C)c1ccsc1)NCCCn1nc2n(c1=O)CCCC2.I. The molecule has 28 heavy (non-hydrogen) atoms. The Morgan fingerprint density at radius 1 is 1.39 bits per heavy atom. The van der Waals surface area contributed by atoms with Crippen LogP contribution in [0.1, 0.15) is 50.4 Å². The van der Waals surface area contributed by atoms with Gasteiger partial charge in [0.05, 0.1) is 0 Å². The number of rotatable bonds is 8. The normalized spacial score (nSPS) is 14.9. The van der Waals surface area contributed by atoms with E-state index in [1.165, 1.54) is 5.56 Å². The summed E-state index contributed by atoms with van der Waals surface area (Å²) in [5.74, 6) is 2.18. The van der Waals surface area contributed by atoms with Crippen LogP contribution in [0.25, 0.3) is 0 Å². The van der Waals surface area contributed by atoms with Gasteiger partial charge in [-0.05, 0) is 48.6 Å². The molecule has 2 N–H and O–H groups in total. The van der Waals surface area contributed by atoms with Crippen LogP contribution in [0.3, 0.4) is 0 Å². The summed E-state index contributed by atoms with van der Waals surface area (Å²) in [6, 6.07) is 2.16. The molecule has 0 fully saturated rings. The van der Waals surface area contributed by atoms with E-state index in [-0.39, 0.29) is 29.7 Å². The number of nitrogens with zero attached hydrogens (tertiary/aromatic N) is 4. The van der Waals surface area contributed by atoms with Crippen molar-refractivity contribution in [2.75, 3.05) is 19.6 Å². The van der Waals surface area contributed by atoms with Crippen LogP contribution in [0.2, 0.25) is 0 Å². The van der Waals surface area contributed by atoms with Crippen LogP contribution in [-0.4, -0.2) is 39.9 Å². The quantitative estimate of drug-likeness (QED) is 0.244. The van der Waals surface area contributed by atoms with Gasteiger partial charge in [0.15, 0.2) is 5.96 Å². The van der Waals surface area contributed by atoms with Gasteiger partial charge in [-0.25, -0.2) is 9.48 Å². The van der Waals surface area contributed by atoms with Crippen molar-refractivity contribution in [1.82, 2.24) is 25.0 Å². The van der Waals surface area contributed by atoms with Crippen LogP contribution < -0.4 is 16.3 Å². The first-order valence-electron chi connectivity index (χ1n) is 9.89. The molecule has 1 atom stereocenters. The van der Waals surface area contributed by atoms with Crippen LogP contribution in [0.5, 0.6) is 0 Å². The third kappa shape index (κ3) is 6.07. The Kier molecular flexibility index (Phi) is 9.49. The third-order valence-electron chi connectivity index (χ3n) is 4.85. The second kappa shape index (κ2) is 11.6. The summed E-state index contributed by atoms with van der Waals surface area (Å²) in [5, 5.41) is 15.4. The fraction of sp³-hybridized carbons (Fsp3) is 0.632. The number of aliphatic imine (C=N–C) groups is 1. The number of nitrogens with one attached hydrogen (secondary N) is 2. The average Bonchev–Trinajstić information content (AvgIpc) is 3.32. The number of fused-ring (bicyclic) bond motifs is 1. The highest BCUT2D eigenvalue weighted by molar-refractivity contribution is 14.0. The van der Waals surface area contributed by atoms with Crippen molar-refractivity contribution in [1.29, 1.82) is 0 Å². The van der Waals surface area contributed by atoms with Gasteiger partial charge in [0.2, 0.25) is 0 Å². The molecule has 3 heterocycles. The van der Waals surface area contributed by atoms with Crippen LogP contribution in [-0.2, 0) is 19.5 Å². The maximum absolute atomic E-state index is 12.3. The van der Waals surface area contributed by atoms with E-state index in [4.69, 9.17) is 4.99 Å². The average molecular weight is 518 g/mol. The Morgan fingerprint density at radius 2 is 2.25 bits per heavy atom. The number of thiophene rings is 1. The van der Waals surface area contributed by atoms with Crippen molar-refractivity contribution in [2.24, 2.45) is 4.99 Å². The zero-order valence-electron chi connectivity index (χ0n) is 16.7. The first-order valence-corrected chi connectivity index (χ1v) is 10.8. The Balaban J connectivity index is 0.00000280. The highest BCUT2D eigenvalue weighted by Gasteiger charge is 2.16. The lowest BCUT2D eigenvalue weighted by Gasteiger charge is -2.13. The van der Waals surface area contributed by atoms with Gasteiger partial charge in [-0.3, -0.25) is 9.56 Å². The summed E-state index contributed by atoms with van der Waals surface area (Å²) >= 11 is 1.72. The fourth-order valence-corrected chi connectivity index (χ4v) is 4.04. The molecular formula is C19H31IN6OS. The number of halogens is 1. The molecule has 156 valence electrons. The zero-order valence-corrected chi connectivity index (χ0v) is 19.8. The summed E-state index contributed by atoms with van der Waals surface area (Å²) in [5.41, 5.74) is 1.37. The molecule has 0 aliphatic carbocycles. The van der Waals surface area contributed by atoms with Gasteiger partial charge < -0.3 is 10.6 Å². The Labute approximate surface area is 187 Å². The number of guanidine groups is 1. The molecule has 9 heteroatoms. The maximum atomic E-state index is 12.3. The lowest BCUT2D eigenvalue weighted by Crippen LogP contribution is -2.38. The van der Waals surface area contributed by atoms with Gasteiger partial charge in [0, 0.05) is 45.1 Å². The monoisotopic (exact) mass is 518 g/mol. The van der Waals surface area contributed by atoms with Crippen molar-refractivity contribution in [3.05, 3.63) is 38.7 Å². The summed E-state index contributed by atoms with van der Waals surface area (Å²) < 4.78 is 3.44. The van der Waals surface area contributed by atoms with Crippen LogP contribution in [0.4, 0.5) is 0 Å². The first-order chi connectivity index (χ1) is 13.2. The van der Waals surface area contributed by atoms with Gasteiger partial charge in [0.1, 0.15) is 5.82 Å². The molecule has 1 unspecified atom stereocenters. The van der Waals surface area contributed by atoms with Crippen molar-refractivity contribution in [3.8, 4) is 0 Å². The van der Waals surface area contributed by atoms with Gasteiger partial charge in [-0.1, -0.05) is 6.92 Å². The maximum Gasteiger partial charge on any atom is 0.345 e. The van der Waals surface area contributed by atoms with E-state index in [2.05, 4.69) is 46.4 Å². The minimum Gasteiger partial charge on any atom is -0.357 e. The molecule has 0 aromatic carbocycles. The molecule has 1 aliphatic rings. The zero-order chi connectivity index (χ0) is 19.1. The van der Waals surface area contributed by atoms with Gasteiger partial charge in [0.25, 0.3) is 0 Å². The summed E-state index contributed by atoms with van der Waals surface area (Å²) in [4.78, 5) is 17.0. The molecule has 2 aromatic heterocycles. The number of aryl methyl sites for hydroxylation is 2. The predicted octanol–water partition coefficient (Wildman–Crippen LogP) is 2.81. The minimum atomic E-state index is 0. The lowest BCUT2D eigenvalue weighted by molar-refractivity contribution is 0.509. The largest absolute Gasteiger partial charge is 0.357 e. The van der Waals surface area contributed by atoms with E-state index in [1.807, 2.05) is 4.57 Å². The minimum absolute atomic E-state index is 0. The Bertz CT molecular complexity index is 798. The molecule has 0 saturated carbocycles. The summed E-state index contributed by atoms with van der Waals surface area (Å²) in [7, 11) is 0. The molecule has 1 aliphatic heterocycles. The van der Waals surface area contributed by atoms with E-state index in [0.29, 0.717) is 12.5 Å². The second-order valence-corrected chi connectivity index (χ2v) is 7.77. The molecule has 7 nitrogen and oxygen atoms in total. The molecule has 3 rings (SSSR count). The smallest absolute Gasteiger partial charge is 0.345 e. The van der Waals surface area contributed by atoms with E-state index in [0.717, 1.165) is 63.6 Å². The number of aromatic nitrogens is 3. The molecule has 2 aromatic rings. The second-order valence-electron chi connectivity index (χ2n) is 6.99. The van der Waals surface area contributed by atoms with Gasteiger partial charge in [-0.2, -0.15) is 16.4 Å². The lowest BCUT2D eigenvalue weighted by atomic mass is 10.1. The van der Waals surface area contributed by atoms with Crippen molar-refractivity contribution in [3.63, 3.8) is 0 Å². The molecule has 0 radical (unpaired) electrons. The van der Waals surface area contributed by atoms with Crippen molar-refractivity contribution in [2.45, 2.75) is 58.5 Å². The molecule has 0 saturated heterocycles. The predicted molar refractivity (Wildman–Crippen MR) is 126 cm³/mol. The highest BCUT2D eigenvalue weighted by Crippen LogP contribution is 2.18. The first kappa shape index (κ1) is 22.9. The Hall–Kier alpha value is -1.36. The van der Waals surface area contributed by atoms with E-state index < -0.39 is 0 Å².